The number of carbonyl (C=O) groups excluding carboxylic acids is 1. The Kier molecular flexibility index (Phi) is 4.69. The maximum absolute atomic E-state index is 12.6. The van der Waals surface area contributed by atoms with Crippen molar-refractivity contribution in [1.82, 2.24) is 4.31 Å². The SMILES string of the molecule is O=C(O)[C@@H]1[C@H](C(=O)Nc2ccc(S(=O)(=O)N3CCCC3)cc2)[C@H]2CC[C@H]1O2. The van der Waals surface area contributed by atoms with Crippen LogP contribution in [0.15, 0.2) is 29.2 Å². The quantitative estimate of drug-likeness (QED) is 0.778. The Morgan fingerprint density at radius 1 is 1.04 bits per heavy atom. The van der Waals surface area contributed by atoms with Crippen LogP contribution >= 0.6 is 0 Å². The summed E-state index contributed by atoms with van der Waals surface area (Å²) in [5.41, 5.74) is 0.437. The van der Waals surface area contributed by atoms with Crippen molar-refractivity contribution in [2.75, 3.05) is 18.4 Å². The molecule has 4 rings (SSSR count). The van der Waals surface area contributed by atoms with Crippen LogP contribution in [0.25, 0.3) is 0 Å². The Bertz CT molecular complexity index is 847. The highest BCUT2D eigenvalue weighted by Gasteiger charge is 2.55. The van der Waals surface area contributed by atoms with Crippen molar-refractivity contribution in [1.29, 1.82) is 0 Å². The van der Waals surface area contributed by atoms with Gasteiger partial charge in [-0.2, -0.15) is 4.31 Å². The Hall–Kier alpha value is -1.97. The van der Waals surface area contributed by atoms with Gasteiger partial charge in [-0.15, -0.1) is 0 Å². The first-order valence-corrected chi connectivity index (χ1v) is 10.6. The molecule has 0 saturated carbocycles. The zero-order valence-corrected chi connectivity index (χ0v) is 15.5. The summed E-state index contributed by atoms with van der Waals surface area (Å²) in [5, 5.41) is 12.1. The summed E-state index contributed by atoms with van der Waals surface area (Å²) in [7, 11) is -3.50. The smallest absolute Gasteiger partial charge is 0.310 e. The maximum Gasteiger partial charge on any atom is 0.310 e. The number of rotatable bonds is 5. The van der Waals surface area contributed by atoms with Gasteiger partial charge in [-0.25, -0.2) is 8.42 Å². The van der Waals surface area contributed by atoms with Gasteiger partial charge in [-0.1, -0.05) is 0 Å². The summed E-state index contributed by atoms with van der Waals surface area (Å²) in [4.78, 5) is 24.3. The Balaban J connectivity index is 1.47. The fourth-order valence-corrected chi connectivity index (χ4v) is 5.86. The molecule has 2 N–H and O–H groups in total. The summed E-state index contributed by atoms with van der Waals surface area (Å²) in [6.45, 7) is 1.06. The molecule has 0 aromatic heterocycles. The van der Waals surface area contributed by atoms with Gasteiger partial charge in [0.25, 0.3) is 0 Å². The molecule has 8 nitrogen and oxygen atoms in total. The zero-order valence-electron chi connectivity index (χ0n) is 14.7. The molecule has 1 amide bonds. The van der Waals surface area contributed by atoms with Crippen molar-refractivity contribution in [3.05, 3.63) is 24.3 Å². The van der Waals surface area contributed by atoms with Gasteiger partial charge in [0.05, 0.1) is 28.9 Å². The zero-order chi connectivity index (χ0) is 19.2. The van der Waals surface area contributed by atoms with E-state index in [1.165, 1.54) is 28.6 Å². The van der Waals surface area contributed by atoms with E-state index in [1.54, 1.807) is 0 Å². The largest absolute Gasteiger partial charge is 0.481 e. The van der Waals surface area contributed by atoms with E-state index >= 15 is 0 Å². The molecule has 1 aromatic carbocycles. The van der Waals surface area contributed by atoms with Crippen LogP contribution in [0.4, 0.5) is 5.69 Å². The lowest BCUT2D eigenvalue weighted by molar-refractivity contribution is -0.147. The number of nitrogens with zero attached hydrogens (tertiary/aromatic N) is 1. The average Bonchev–Trinajstić information content (AvgIpc) is 3.38. The Labute approximate surface area is 157 Å². The van der Waals surface area contributed by atoms with Crippen LogP contribution < -0.4 is 5.32 Å². The molecule has 146 valence electrons. The highest BCUT2D eigenvalue weighted by atomic mass is 32.2. The summed E-state index contributed by atoms with van der Waals surface area (Å²) >= 11 is 0. The summed E-state index contributed by atoms with van der Waals surface area (Å²) in [6.07, 6.45) is 2.30. The standard InChI is InChI=1S/C18H22N2O6S/c21-17(15-13-7-8-14(26-13)16(15)18(22)23)19-11-3-5-12(6-4-11)27(24,25)20-9-1-2-10-20/h3-6,13-16H,1-2,7-10H2,(H,19,21)(H,22,23)/t13-,14-,15-,16+/m1/s1. The molecule has 0 spiro atoms. The number of carbonyl (C=O) groups is 2. The minimum atomic E-state index is -3.50. The van der Waals surface area contributed by atoms with Crippen molar-refractivity contribution in [3.63, 3.8) is 0 Å². The van der Waals surface area contributed by atoms with E-state index in [0.717, 1.165) is 12.8 Å². The fourth-order valence-electron chi connectivity index (χ4n) is 4.34. The van der Waals surface area contributed by atoms with Crippen molar-refractivity contribution in [3.8, 4) is 0 Å². The number of anilines is 1. The number of aliphatic carboxylic acids is 1. The molecule has 0 unspecified atom stereocenters. The van der Waals surface area contributed by atoms with Crippen LogP contribution in [-0.2, 0) is 24.3 Å². The minimum absolute atomic E-state index is 0.189. The number of hydrogen-bond donors (Lipinski definition) is 2. The molecule has 0 aliphatic carbocycles. The third-order valence-electron chi connectivity index (χ3n) is 5.69. The third kappa shape index (κ3) is 3.24. The van der Waals surface area contributed by atoms with Crippen LogP contribution in [0.1, 0.15) is 25.7 Å². The molecular formula is C18H22N2O6S. The fraction of sp³-hybridized carbons (Fsp3) is 0.556. The summed E-state index contributed by atoms with van der Waals surface area (Å²) in [6, 6.07) is 6.00. The van der Waals surface area contributed by atoms with Crippen molar-refractivity contribution in [2.24, 2.45) is 11.8 Å². The molecule has 0 radical (unpaired) electrons. The van der Waals surface area contributed by atoms with Gasteiger partial charge < -0.3 is 15.2 Å². The molecule has 3 heterocycles. The van der Waals surface area contributed by atoms with E-state index in [1.807, 2.05) is 0 Å². The van der Waals surface area contributed by atoms with Gasteiger partial charge in [0, 0.05) is 18.8 Å². The van der Waals surface area contributed by atoms with Gasteiger partial charge in [0.15, 0.2) is 0 Å². The van der Waals surface area contributed by atoms with Gasteiger partial charge >= 0.3 is 5.97 Å². The van der Waals surface area contributed by atoms with E-state index < -0.39 is 39.8 Å². The highest BCUT2D eigenvalue weighted by Crippen LogP contribution is 2.44. The van der Waals surface area contributed by atoms with Crippen LogP contribution in [0.3, 0.4) is 0 Å². The number of benzene rings is 1. The number of ether oxygens (including phenoxy) is 1. The molecule has 9 heteroatoms. The van der Waals surface area contributed by atoms with E-state index in [9.17, 15) is 23.1 Å². The van der Waals surface area contributed by atoms with E-state index in [4.69, 9.17) is 4.74 Å². The number of sulfonamides is 1. The lowest BCUT2D eigenvalue weighted by Gasteiger charge is -2.24. The third-order valence-corrected chi connectivity index (χ3v) is 7.60. The van der Waals surface area contributed by atoms with Gasteiger partial charge in [0.1, 0.15) is 0 Å². The first-order valence-electron chi connectivity index (χ1n) is 9.17. The molecule has 27 heavy (non-hydrogen) atoms. The van der Waals surface area contributed by atoms with Crippen LogP contribution in [0, 0.1) is 11.8 Å². The second-order valence-corrected chi connectivity index (χ2v) is 9.24. The Morgan fingerprint density at radius 2 is 1.63 bits per heavy atom. The van der Waals surface area contributed by atoms with Crippen LogP contribution in [0.5, 0.6) is 0 Å². The van der Waals surface area contributed by atoms with Crippen LogP contribution in [0.2, 0.25) is 0 Å². The van der Waals surface area contributed by atoms with E-state index in [2.05, 4.69) is 5.32 Å². The molecule has 1 aromatic rings. The number of amides is 1. The predicted molar refractivity (Wildman–Crippen MR) is 95.6 cm³/mol. The van der Waals surface area contributed by atoms with Gasteiger partial charge in [-0.05, 0) is 49.9 Å². The normalized spacial score (nSPS) is 30.5. The molecular weight excluding hydrogens is 372 g/mol. The lowest BCUT2D eigenvalue weighted by Crippen LogP contribution is -2.40. The first kappa shape index (κ1) is 18.4. The lowest BCUT2D eigenvalue weighted by atomic mass is 9.78. The number of fused-ring (bicyclic) bond motifs is 2. The van der Waals surface area contributed by atoms with E-state index in [0.29, 0.717) is 31.6 Å². The monoisotopic (exact) mass is 394 g/mol. The first-order chi connectivity index (χ1) is 12.9. The second kappa shape index (κ2) is 6.88. The summed E-state index contributed by atoms with van der Waals surface area (Å²) < 4.78 is 32.2. The highest BCUT2D eigenvalue weighted by molar-refractivity contribution is 7.89. The number of carboxylic acids is 1. The Morgan fingerprint density at radius 3 is 2.22 bits per heavy atom. The van der Waals surface area contributed by atoms with Gasteiger partial charge in [0.2, 0.25) is 15.9 Å². The molecule has 3 fully saturated rings. The predicted octanol–water partition coefficient (Wildman–Crippen LogP) is 1.29. The van der Waals surface area contributed by atoms with Gasteiger partial charge in [-0.3, -0.25) is 9.59 Å². The molecule has 2 bridgehead atoms. The second-order valence-electron chi connectivity index (χ2n) is 7.30. The average molecular weight is 394 g/mol. The molecule has 3 aliphatic rings. The maximum atomic E-state index is 12.6. The minimum Gasteiger partial charge on any atom is -0.481 e. The van der Waals surface area contributed by atoms with E-state index in [-0.39, 0.29) is 11.0 Å². The number of nitrogens with one attached hydrogen (secondary N) is 1. The number of carboxylic acid groups (broad SMARTS) is 1. The van der Waals surface area contributed by atoms with Crippen molar-refractivity contribution < 1.29 is 27.9 Å². The number of hydrogen-bond acceptors (Lipinski definition) is 5. The summed E-state index contributed by atoms with van der Waals surface area (Å²) in [5.74, 6) is -2.98. The molecule has 3 aliphatic heterocycles. The van der Waals surface area contributed by atoms with Crippen molar-refractivity contribution >= 4 is 27.6 Å². The topological polar surface area (TPSA) is 113 Å². The molecule has 3 saturated heterocycles. The molecule has 4 atom stereocenters. The van der Waals surface area contributed by atoms with Crippen LogP contribution in [-0.4, -0.2) is 55.0 Å². The van der Waals surface area contributed by atoms with Crippen molar-refractivity contribution in [2.45, 2.75) is 42.8 Å².